The van der Waals surface area contributed by atoms with Crippen LogP contribution in [0, 0.1) is 5.92 Å². The van der Waals surface area contributed by atoms with E-state index in [0.29, 0.717) is 18.5 Å². The Morgan fingerprint density at radius 3 is 3.00 bits per heavy atom. The third-order valence-corrected chi connectivity index (χ3v) is 3.29. The van der Waals surface area contributed by atoms with Crippen LogP contribution in [0.2, 0.25) is 0 Å². The molecule has 1 N–H and O–H groups in total. The smallest absolute Gasteiger partial charge is 0.340 e. The molecule has 1 fully saturated rings. The molecule has 6 nitrogen and oxygen atoms in total. The zero-order valence-corrected chi connectivity index (χ0v) is 10.7. The van der Waals surface area contributed by atoms with Gasteiger partial charge in [0.25, 0.3) is 0 Å². The molecule has 19 heavy (non-hydrogen) atoms. The lowest BCUT2D eigenvalue weighted by Crippen LogP contribution is -2.33. The van der Waals surface area contributed by atoms with E-state index in [-0.39, 0.29) is 0 Å². The molecule has 0 radical (unpaired) electrons. The maximum absolute atomic E-state index is 5.76. The highest BCUT2D eigenvalue weighted by molar-refractivity contribution is 5.31. The molecule has 0 aliphatic carbocycles. The van der Waals surface area contributed by atoms with Crippen LogP contribution < -0.4 is 10.1 Å². The summed E-state index contributed by atoms with van der Waals surface area (Å²) in [5.41, 5.74) is 0.907. The molecular formula is C13H17N5O. The van der Waals surface area contributed by atoms with Gasteiger partial charge in [0.05, 0.1) is 12.3 Å². The van der Waals surface area contributed by atoms with Crippen molar-refractivity contribution in [3.8, 4) is 11.7 Å². The predicted molar refractivity (Wildman–Crippen MR) is 70.2 cm³/mol. The predicted octanol–water partition coefficient (Wildman–Crippen LogP) is 1.04. The van der Waals surface area contributed by atoms with Gasteiger partial charge in [-0.2, -0.15) is 4.68 Å². The van der Waals surface area contributed by atoms with E-state index >= 15 is 0 Å². The lowest BCUT2D eigenvalue weighted by atomic mass is 10.0. The zero-order chi connectivity index (χ0) is 12.9. The molecule has 1 atom stereocenters. The Morgan fingerprint density at radius 1 is 1.32 bits per heavy atom. The Kier molecular flexibility index (Phi) is 3.69. The van der Waals surface area contributed by atoms with Gasteiger partial charge in [0.1, 0.15) is 0 Å². The molecule has 1 saturated heterocycles. The second-order valence-corrected chi connectivity index (χ2v) is 4.73. The second kappa shape index (κ2) is 5.79. The highest BCUT2D eigenvalue weighted by atomic mass is 16.5. The standard InChI is InChI=1S/C13H17N5O/c1-2-6-12(7-3-1)18-13(15-16-17-18)19-10-11-5-4-8-14-9-11/h1-3,6-7,11,14H,4-5,8-10H2. The fourth-order valence-electron chi connectivity index (χ4n) is 2.26. The van der Waals surface area contributed by atoms with Crippen molar-refractivity contribution in [3.05, 3.63) is 30.3 Å². The van der Waals surface area contributed by atoms with E-state index in [1.54, 1.807) is 4.68 Å². The number of nitrogens with zero attached hydrogens (tertiary/aromatic N) is 4. The Balaban J connectivity index is 1.67. The Hall–Kier alpha value is -1.95. The summed E-state index contributed by atoms with van der Waals surface area (Å²) in [7, 11) is 0. The van der Waals surface area contributed by atoms with Crippen molar-refractivity contribution in [2.45, 2.75) is 12.8 Å². The number of hydrogen-bond acceptors (Lipinski definition) is 5. The average molecular weight is 259 g/mol. The minimum atomic E-state index is 0.455. The van der Waals surface area contributed by atoms with E-state index in [1.165, 1.54) is 12.8 Å². The Bertz CT molecular complexity index is 507. The highest BCUT2D eigenvalue weighted by Crippen LogP contribution is 2.15. The van der Waals surface area contributed by atoms with Crippen LogP contribution in [-0.2, 0) is 0 Å². The number of benzene rings is 1. The van der Waals surface area contributed by atoms with Gasteiger partial charge in [-0.15, -0.1) is 0 Å². The topological polar surface area (TPSA) is 64.9 Å². The van der Waals surface area contributed by atoms with Crippen molar-refractivity contribution in [3.63, 3.8) is 0 Å². The third kappa shape index (κ3) is 2.90. The summed E-state index contributed by atoms with van der Waals surface area (Å²) in [6, 6.07) is 10.2. The van der Waals surface area contributed by atoms with E-state index in [2.05, 4.69) is 20.8 Å². The fraction of sp³-hybridized carbons (Fsp3) is 0.462. The van der Waals surface area contributed by atoms with Crippen molar-refractivity contribution in [1.82, 2.24) is 25.5 Å². The summed E-state index contributed by atoms with van der Waals surface area (Å²) in [6.45, 7) is 2.77. The normalized spacial score (nSPS) is 19.3. The summed E-state index contributed by atoms with van der Waals surface area (Å²) in [5, 5.41) is 15.0. The summed E-state index contributed by atoms with van der Waals surface area (Å²) >= 11 is 0. The minimum absolute atomic E-state index is 0.455. The van der Waals surface area contributed by atoms with Crippen LogP contribution >= 0.6 is 0 Å². The van der Waals surface area contributed by atoms with Crippen molar-refractivity contribution in [1.29, 1.82) is 0 Å². The highest BCUT2D eigenvalue weighted by Gasteiger charge is 2.16. The molecule has 1 aromatic heterocycles. The molecule has 0 bridgehead atoms. The SMILES string of the molecule is c1ccc(-n2nnnc2OCC2CCCNC2)cc1. The van der Waals surface area contributed by atoms with Crippen LogP contribution in [0.25, 0.3) is 5.69 Å². The Labute approximate surface area is 111 Å². The lowest BCUT2D eigenvalue weighted by Gasteiger charge is -2.22. The molecule has 0 spiro atoms. The number of ether oxygens (including phenoxy) is 1. The zero-order valence-electron chi connectivity index (χ0n) is 10.7. The number of rotatable bonds is 4. The van der Waals surface area contributed by atoms with Gasteiger partial charge >= 0.3 is 6.01 Å². The molecule has 100 valence electrons. The maximum atomic E-state index is 5.76. The van der Waals surface area contributed by atoms with Gasteiger partial charge in [-0.05, 0) is 41.9 Å². The molecular weight excluding hydrogens is 242 g/mol. The molecule has 1 aliphatic heterocycles. The number of para-hydroxylation sites is 1. The first-order valence-corrected chi connectivity index (χ1v) is 6.61. The number of tetrazole rings is 1. The molecule has 1 aliphatic rings. The average Bonchev–Trinajstić information content (AvgIpc) is 2.95. The van der Waals surface area contributed by atoms with Gasteiger partial charge in [-0.25, -0.2) is 0 Å². The summed E-state index contributed by atoms with van der Waals surface area (Å²) in [4.78, 5) is 0. The van der Waals surface area contributed by atoms with Crippen molar-refractivity contribution in [2.75, 3.05) is 19.7 Å². The second-order valence-electron chi connectivity index (χ2n) is 4.73. The minimum Gasteiger partial charge on any atom is -0.462 e. The maximum Gasteiger partial charge on any atom is 0.340 e. The largest absolute Gasteiger partial charge is 0.462 e. The van der Waals surface area contributed by atoms with Gasteiger partial charge in [0.15, 0.2) is 0 Å². The number of hydrogen-bond donors (Lipinski definition) is 1. The molecule has 2 heterocycles. The first-order valence-electron chi connectivity index (χ1n) is 6.61. The van der Waals surface area contributed by atoms with Crippen LogP contribution in [0.15, 0.2) is 30.3 Å². The van der Waals surface area contributed by atoms with E-state index in [0.717, 1.165) is 18.8 Å². The summed E-state index contributed by atoms with van der Waals surface area (Å²) in [6.07, 6.45) is 2.40. The van der Waals surface area contributed by atoms with Crippen LogP contribution in [0.4, 0.5) is 0 Å². The monoisotopic (exact) mass is 259 g/mol. The van der Waals surface area contributed by atoms with Gasteiger partial charge in [-0.3, -0.25) is 0 Å². The number of piperidine rings is 1. The fourth-order valence-corrected chi connectivity index (χ4v) is 2.26. The van der Waals surface area contributed by atoms with Gasteiger partial charge in [0, 0.05) is 12.5 Å². The van der Waals surface area contributed by atoms with E-state index in [9.17, 15) is 0 Å². The number of aromatic nitrogens is 4. The number of nitrogens with one attached hydrogen (secondary N) is 1. The first kappa shape index (κ1) is 12.1. The molecule has 6 heteroatoms. The van der Waals surface area contributed by atoms with E-state index in [4.69, 9.17) is 4.74 Å². The van der Waals surface area contributed by atoms with Gasteiger partial charge in [-0.1, -0.05) is 23.3 Å². The first-order chi connectivity index (χ1) is 9.43. The van der Waals surface area contributed by atoms with Crippen LogP contribution in [0.5, 0.6) is 6.01 Å². The van der Waals surface area contributed by atoms with Crippen LogP contribution in [0.1, 0.15) is 12.8 Å². The summed E-state index contributed by atoms with van der Waals surface area (Å²) in [5.74, 6) is 0.537. The van der Waals surface area contributed by atoms with E-state index < -0.39 is 0 Å². The molecule has 0 amide bonds. The van der Waals surface area contributed by atoms with Crippen molar-refractivity contribution >= 4 is 0 Å². The summed E-state index contributed by atoms with van der Waals surface area (Å²) < 4.78 is 7.38. The van der Waals surface area contributed by atoms with E-state index in [1.807, 2.05) is 30.3 Å². The van der Waals surface area contributed by atoms with Gasteiger partial charge in [0.2, 0.25) is 0 Å². The quantitative estimate of drug-likeness (QED) is 0.888. The molecule has 1 unspecified atom stereocenters. The van der Waals surface area contributed by atoms with Crippen molar-refractivity contribution in [2.24, 2.45) is 5.92 Å². The molecule has 0 saturated carbocycles. The Morgan fingerprint density at radius 2 is 2.21 bits per heavy atom. The third-order valence-electron chi connectivity index (χ3n) is 3.29. The molecule has 1 aromatic carbocycles. The molecule has 3 rings (SSSR count). The van der Waals surface area contributed by atoms with Gasteiger partial charge < -0.3 is 10.1 Å². The lowest BCUT2D eigenvalue weighted by molar-refractivity contribution is 0.201. The van der Waals surface area contributed by atoms with Crippen LogP contribution in [0.3, 0.4) is 0 Å². The van der Waals surface area contributed by atoms with Crippen LogP contribution in [-0.4, -0.2) is 39.9 Å². The molecule has 2 aromatic rings. The van der Waals surface area contributed by atoms with Crippen molar-refractivity contribution < 1.29 is 4.74 Å².